The second-order valence-corrected chi connectivity index (χ2v) is 6.93. The number of fused-ring (bicyclic) bond motifs is 1. The van der Waals surface area contributed by atoms with Crippen molar-refractivity contribution in [2.45, 2.75) is 20.3 Å². The average Bonchev–Trinajstić information content (AvgIpc) is 2.67. The first-order chi connectivity index (χ1) is 12.6. The van der Waals surface area contributed by atoms with Crippen molar-refractivity contribution in [3.8, 4) is 0 Å². The van der Waals surface area contributed by atoms with E-state index < -0.39 is 0 Å². The number of pyridine rings is 1. The Bertz CT molecular complexity index is 877. The SMILES string of the molecule is CC(C)CCN(C)N(C(=O)c1ccccc1)c1cnc2ccccc2c1. The topological polar surface area (TPSA) is 36.4 Å². The van der Waals surface area contributed by atoms with Gasteiger partial charge in [-0.15, -0.1) is 0 Å². The first kappa shape index (κ1) is 18.1. The van der Waals surface area contributed by atoms with Gasteiger partial charge in [-0.05, 0) is 36.6 Å². The number of benzene rings is 2. The molecular formula is C22H25N3O. The van der Waals surface area contributed by atoms with Gasteiger partial charge in [0.15, 0.2) is 0 Å². The predicted molar refractivity (Wildman–Crippen MR) is 107 cm³/mol. The van der Waals surface area contributed by atoms with E-state index in [2.05, 4.69) is 18.8 Å². The summed E-state index contributed by atoms with van der Waals surface area (Å²) in [5.41, 5.74) is 2.37. The number of hydrazine groups is 1. The molecule has 4 heteroatoms. The van der Waals surface area contributed by atoms with Crippen LogP contribution in [0.3, 0.4) is 0 Å². The normalized spacial score (nSPS) is 11.3. The molecule has 3 rings (SSSR count). The molecule has 0 aliphatic carbocycles. The highest BCUT2D eigenvalue weighted by Gasteiger charge is 2.22. The van der Waals surface area contributed by atoms with E-state index in [9.17, 15) is 4.79 Å². The number of hydrogen-bond donors (Lipinski definition) is 0. The molecule has 26 heavy (non-hydrogen) atoms. The lowest BCUT2D eigenvalue weighted by Gasteiger charge is -2.32. The summed E-state index contributed by atoms with van der Waals surface area (Å²) in [5.74, 6) is 0.523. The van der Waals surface area contributed by atoms with Crippen LogP contribution in [0.1, 0.15) is 30.6 Å². The maximum absolute atomic E-state index is 13.2. The highest BCUT2D eigenvalue weighted by atomic mass is 16.2. The van der Waals surface area contributed by atoms with Gasteiger partial charge in [-0.2, -0.15) is 0 Å². The number of aromatic nitrogens is 1. The second-order valence-electron chi connectivity index (χ2n) is 6.93. The lowest BCUT2D eigenvalue weighted by Crippen LogP contribution is -2.45. The van der Waals surface area contributed by atoms with Crippen molar-refractivity contribution in [1.82, 2.24) is 9.99 Å². The number of nitrogens with zero attached hydrogens (tertiary/aromatic N) is 3. The molecular weight excluding hydrogens is 322 g/mol. The van der Waals surface area contributed by atoms with Gasteiger partial charge in [0.25, 0.3) is 5.91 Å². The Kier molecular flexibility index (Phi) is 5.64. The molecule has 1 amide bonds. The van der Waals surface area contributed by atoms with E-state index >= 15 is 0 Å². The Morgan fingerprint density at radius 2 is 1.73 bits per heavy atom. The van der Waals surface area contributed by atoms with Gasteiger partial charge < -0.3 is 0 Å². The van der Waals surface area contributed by atoms with E-state index in [0.717, 1.165) is 29.6 Å². The zero-order valence-corrected chi connectivity index (χ0v) is 15.6. The lowest BCUT2D eigenvalue weighted by atomic mass is 10.1. The van der Waals surface area contributed by atoms with Crippen LogP contribution >= 0.6 is 0 Å². The van der Waals surface area contributed by atoms with Crippen molar-refractivity contribution >= 4 is 22.5 Å². The Morgan fingerprint density at radius 1 is 1.04 bits per heavy atom. The molecule has 0 unspecified atom stereocenters. The number of anilines is 1. The quantitative estimate of drug-likeness (QED) is 0.602. The van der Waals surface area contributed by atoms with Crippen LogP contribution in [0.15, 0.2) is 66.9 Å². The second kappa shape index (κ2) is 8.11. The zero-order valence-electron chi connectivity index (χ0n) is 15.6. The summed E-state index contributed by atoms with van der Waals surface area (Å²) in [7, 11) is 1.96. The van der Waals surface area contributed by atoms with Gasteiger partial charge in [0.05, 0.1) is 17.4 Å². The van der Waals surface area contributed by atoms with Gasteiger partial charge in [0, 0.05) is 24.5 Å². The van der Waals surface area contributed by atoms with Gasteiger partial charge in [0.2, 0.25) is 0 Å². The minimum absolute atomic E-state index is 0.0473. The van der Waals surface area contributed by atoms with Crippen molar-refractivity contribution in [1.29, 1.82) is 0 Å². The fraction of sp³-hybridized carbons (Fsp3) is 0.273. The third kappa shape index (κ3) is 4.09. The van der Waals surface area contributed by atoms with Crippen LogP contribution in [0.25, 0.3) is 10.9 Å². The van der Waals surface area contributed by atoms with E-state index in [1.54, 1.807) is 11.2 Å². The van der Waals surface area contributed by atoms with E-state index in [-0.39, 0.29) is 5.91 Å². The van der Waals surface area contributed by atoms with Crippen LogP contribution < -0.4 is 5.01 Å². The summed E-state index contributed by atoms with van der Waals surface area (Å²) in [4.78, 5) is 17.8. The van der Waals surface area contributed by atoms with Crippen LogP contribution in [-0.2, 0) is 0 Å². The fourth-order valence-electron chi connectivity index (χ4n) is 2.89. The number of rotatable bonds is 6. The van der Waals surface area contributed by atoms with Crippen molar-refractivity contribution in [3.05, 3.63) is 72.4 Å². The van der Waals surface area contributed by atoms with Crippen LogP contribution in [0, 0.1) is 5.92 Å². The molecule has 0 saturated carbocycles. The van der Waals surface area contributed by atoms with Gasteiger partial charge in [-0.3, -0.25) is 9.78 Å². The molecule has 0 atom stereocenters. The number of carbonyl (C=O) groups is 1. The standard InChI is InChI=1S/C22H25N3O/c1-17(2)13-14-24(3)25(22(26)18-9-5-4-6-10-18)20-15-19-11-7-8-12-21(19)23-16-20/h4-12,15-17H,13-14H2,1-3H3. The maximum Gasteiger partial charge on any atom is 0.272 e. The molecule has 2 aromatic carbocycles. The minimum Gasteiger partial charge on any atom is -0.267 e. The Balaban J connectivity index is 1.99. The molecule has 3 aromatic rings. The van der Waals surface area contributed by atoms with Crippen LogP contribution in [0.4, 0.5) is 5.69 Å². The third-order valence-electron chi connectivity index (χ3n) is 4.41. The van der Waals surface area contributed by atoms with E-state index in [4.69, 9.17) is 0 Å². The number of amides is 1. The van der Waals surface area contributed by atoms with E-state index in [0.29, 0.717) is 11.5 Å². The van der Waals surface area contributed by atoms with Gasteiger partial charge in [-0.25, -0.2) is 10.0 Å². The Labute approximate surface area is 155 Å². The van der Waals surface area contributed by atoms with Gasteiger partial charge >= 0.3 is 0 Å². The van der Waals surface area contributed by atoms with Crippen molar-refractivity contribution in [3.63, 3.8) is 0 Å². The summed E-state index contributed by atoms with van der Waals surface area (Å²) in [6.07, 6.45) is 2.78. The summed E-state index contributed by atoms with van der Waals surface area (Å²) in [6, 6.07) is 19.4. The van der Waals surface area contributed by atoms with Crippen molar-refractivity contribution in [2.75, 3.05) is 18.6 Å². The first-order valence-corrected chi connectivity index (χ1v) is 9.01. The third-order valence-corrected chi connectivity index (χ3v) is 4.41. The predicted octanol–water partition coefficient (Wildman–Crippen LogP) is 4.77. The highest BCUT2D eigenvalue weighted by Crippen LogP contribution is 2.23. The molecule has 0 N–H and O–H groups in total. The molecule has 0 fully saturated rings. The summed E-state index contributed by atoms with van der Waals surface area (Å²) in [5, 5.41) is 4.74. The van der Waals surface area contributed by atoms with E-state index in [1.807, 2.05) is 72.7 Å². The number of hydrogen-bond acceptors (Lipinski definition) is 3. The zero-order chi connectivity index (χ0) is 18.5. The van der Waals surface area contributed by atoms with Crippen molar-refractivity contribution < 1.29 is 4.79 Å². The molecule has 0 aliphatic heterocycles. The maximum atomic E-state index is 13.2. The molecule has 4 nitrogen and oxygen atoms in total. The minimum atomic E-state index is -0.0473. The molecule has 0 aliphatic rings. The van der Waals surface area contributed by atoms with Crippen LogP contribution in [0.2, 0.25) is 0 Å². The average molecular weight is 347 g/mol. The summed E-state index contributed by atoms with van der Waals surface area (Å²) >= 11 is 0. The highest BCUT2D eigenvalue weighted by molar-refractivity contribution is 6.06. The van der Waals surface area contributed by atoms with Gasteiger partial charge in [-0.1, -0.05) is 50.2 Å². The van der Waals surface area contributed by atoms with Gasteiger partial charge in [0.1, 0.15) is 0 Å². The van der Waals surface area contributed by atoms with Crippen molar-refractivity contribution in [2.24, 2.45) is 5.92 Å². The summed E-state index contributed by atoms with van der Waals surface area (Å²) < 4.78 is 0. The molecule has 134 valence electrons. The molecule has 1 heterocycles. The first-order valence-electron chi connectivity index (χ1n) is 9.01. The summed E-state index contributed by atoms with van der Waals surface area (Å²) in [6.45, 7) is 5.17. The lowest BCUT2D eigenvalue weighted by molar-refractivity contribution is 0.0911. The van der Waals surface area contributed by atoms with E-state index in [1.165, 1.54) is 0 Å². The molecule has 0 spiro atoms. The Hall–Kier alpha value is -2.72. The largest absolute Gasteiger partial charge is 0.272 e. The number of para-hydroxylation sites is 1. The number of carbonyl (C=O) groups excluding carboxylic acids is 1. The smallest absolute Gasteiger partial charge is 0.267 e. The van der Waals surface area contributed by atoms with Crippen LogP contribution in [0.5, 0.6) is 0 Å². The molecule has 1 aromatic heterocycles. The molecule has 0 bridgehead atoms. The Morgan fingerprint density at radius 3 is 2.46 bits per heavy atom. The fourth-order valence-corrected chi connectivity index (χ4v) is 2.89. The molecule has 0 radical (unpaired) electrons. The molecule has 0 saturated heterocycles. The monoisotopic (exact) mass is 347 g/mol. The van der Waals surface area contributed by atoms with Crippen LogP contribution in [-0.4, -0.2) is 29.5 Å².